The Morgan fingerprint density at radius 2 is 2.10 bits per heavy atom. The molecule has 0 aliphatic rings. The first kappa shape index (κ1) is 14.1. The molecule has 0 bridgehead atoms. The Morgan fingerprint density at radius 3 is 2.75 bits per heavy atom. The second-order valence-electron chi connectivity index (χ2n) is 4.37. The number of aryl methyl sites for hydroxylation is 1. The van der Waals surface area contributed by atoms with Crippen LogP contribution in [0, 0.1) is 18.3 Å². The highest BCUT2D eigenvalue weighted by Crippen LogP contribution is 2.22. The number of carbonyl (C=O) groups excluding carboxylic acids is 1. The van der Waals surface area contributed by atoms with E-state index < -0.39 is 0 Å². The fourth-order valence-electron chi connectivity index (χ4n) is 1.78. The molecule has 0 aromatic heterocycles. The summed E-state index contributed by atoms with van der Waals surface area (Å²) in [5.41, 5.74) is 2.77. The van der Waals surface area contributed by atoms with Crippen LogP contribution in [0.1, 0.15) is 27.0 Å². The van der Waals surface area contributed by atoms with E-state index in [2.05, 4.69) is 0 Å². The first-order valence-corrected chi connectivity index (χ1v) is 6.39. The molecule has 0 fully saturated rings. The van der Waals surface area contributed by atoms with Gasteiger partial charge in [-0.2, -0.15) is 5.26 Å². The molecule has 0 radical (unpaired) electrons. The van der Waals surface area contributed by atoms with Crippen LogP contribution in [-0.2, 0) is 6.61 Å². The first-order valence-electron chi connectivity index (χ1n) is 6.01. The van der Waals surface area contributed by atoms with Gasteiger partial charge >= 0.3 is 0 Å². The number of hydrogen-bond acceptors (Lipinski definition) is 3. The van der Waals surface area contributed by atoms with Crippen LogP contribution in [0.4, 0.5) is 0 Å². The van der Waals surface area contributed by atoms with E-state index in [0.717, 1.165) is 17.4 Å². The quantitative estimate of drug-likeness (QED) is 0.800. The fourth-order valence-corrected chi connectivity index (χ4v) is 2.02. The van der Waals surface area contributed by atoms with Gasteiger partial charge in [0.1, 0.15) is 12.4 Å². The van der Waals surface area contributed by atoms with E-state index in [-0.39, 0.29) is 6.61 Å². The van der Waals surface area contributed by atoms with Crippen molar-refractivity contribution in [3.63, 3.8) is 0 Å². The summed E-state index contributed by atoms with van der Waals surface area (Å²) in [5.74, 6) is 0.519. The summed E-state index contributed by atoms with van der Waals surface area (Å²) in [7, 11) is 0. The van der Waals surface area contributed by atoms with E-state index in [1.807, 2.05) is 19.1 Å². The Morgan fingerprint density at radius 1 is 1.30 bits per heavy atom. The van der Waals surface area contributed by atoms with Crippen LogP contribution >= 0.6 is 11.6 Å². The molecule has 0 spiro atoms. The number of benzene rings is 2. The molecule has 100 valence electrons. The minimum Gasteiger partial charge on any atom is -0.488 e. The third-order valence-corrected chi connectivity index (χ3v) is 3.21. The molecule has 4 heteroatoms. The Balaban J connectivity index is 2.17. The molecule has 0 unspecified atom stereocenters. The zero-order chi connectivity index (χ0) is 14.5. The van der Waals surface area contributed by atoms with Gasteiger partial charge in [-0.05, 0) is 31.2 Å². The van der Waals surface area contributed by atoms with Gasteiger partial charge in [-0.25, -0.2) is 0 Å². The van der Waals surface area contributed by atoms with Crippen molar-refractivity contribution in [2.75, 3.05) is 0 Å². The van der Waals surface area contributed by atoms with Gasteiger partial charge < -0.3 is 4.74 Å². The second kappa shape index (κ2) is 6.23. The lowest BCUT2D eigenvalue weighted by Crippen LogP contribution is -1.99. The Kier molecular flexibility index (Phi) is 4.39. The molecule has 0 atom stereocenters. The summed E-state index contributed by atoms with van der Waals surface area (Å²) in [6, 6.07) is 12.4. The molecule has 3 nitrogen and oxygen atoms in total. The maximum absolute atomic E-state index is 11.0. The molecule has 2 aromatic carbocycles. The number of nitriles is 1. The van der Waals surface area contributed by atoms with Gasteiger partial charge in [0.2, 0.25) is 0 Å². The predicted molar refractivity (Wildman–Crippen MR) is 77.1 cm³/mol. The van der Waals surface area contributed by atoms with Gasteiger partial charge in [-0.15, -0.1) is 0 Å². The number of halogens is 1. The molecular weight excluding hydrogens is 274 g/mol. The van der Waals surface area contributed by atoms with E-state index in [9.17, 15) is 4.79 Å². The first-order chi connectivity index (χ1) is 9.63. The van der Waals surface area contributed by atoms with Gasteiger partial charge in [-0.3, -0.25) is 4.79 Å². The fraction of sp³-hybridized carbons (Fsp3) is 0.125. The lowest BCUT2D eigenvalue weighted by molar-refractivity contribution is 0.111. The van der Waals surface area contributed by atoms with Crippen LogP contribution in [-0.4, -0.2) is 6.29 Å². The molecule has 0 aliphatic heterocycles. The largest absolute Gasteiger partial charge is 0.488 e. The SMILES string of the molecule is Cc1ccc(OCc2ccc(C#N)cc2Cl)c(C=O)c1. The summed E-state index contributed by atoms with van der Waals surface area (Å²) in [6.07, 6.45) is 0.767. The highest BCUT2D eigenvalue weighted by Gasteiger charge is 2.06. The van der Waals surface area contributed by atoms with Crippen LogP contribution in [0.5, 0.6) is 5.75 Å². The van der Waals surface area contributed by atoms with E-state index in [1.165, 1.54) is 0 Å². The van der Waals surface area contributed by atoms with E-state index in [1.54, 1.807) is 30.3 Å². The van der Waals surface area contributed by atoms with Crippen LogP contribution in [0.2, 0.25) is 5.02 Å². The topological polar surface area (TPSA) is 50.1 Å². The monoisotopic (exact) mass is 285 g/mol. The smallest absolute Gasteiger partial charge is 0.153 e. The van der Waals surface area contributed by atoms with Gasteiger partial charge in [0.25, 0.3) is 0 Å². The highest BCUT2D eigenvalue weighted by molar-refractivity contribution is 6.31. The highest BCUT2D eigenvalue weighted by atomic mass is 35.5. The number of nitrogens with zero attached hydrogens (tertiary/aromatic N) is 1. The van der Waals surface area contributed by atoms with Crippen molar-refractivity contribution < 1.29 is 9.53 Å². The molecule has 2 aromatic rings. The van der Waals surface area contributed by atoms with Crippen molar-refractivity contribution in [3.05, 3.63) is 63.7 Å². The molecule has 0 N–H and O–H groups in total. The van der Waals surface area contributed by atoms with E-state index in [0.29, 0.717) is 21.9 Å². The summed E-state index contributed by atoms with van der Waals surface area (Å²) < 4.78 is 5.62. The molecular formula is C16H12ClNO2. The summed E-state index contributed by atoms with van der Waals surface area (Å²) >= 11 is 6.07. The molecule has 2 rings (SSSR count). The van der Waals surface area contributed by atoms with Crippen molar-refractivity contribution >= 4 is 17.9 Å². The van der Waals surface area contributed by atoms with Crippen molar-refractivity contribution in [2.24, 2.45) is 0 Å². The number of rotatable bonds is 4. The molecule has 20 heavy (non-hydrogen) atoms. The summed E-state index contributed by atoms with van der Waals surface area (Å²) in [4.78, 5) is 11.0. The Hall–Kier alpha value is -2.31. The Bertz CT molecular complexity index is 689. The van der Waals surface area contributed by atoms with Gasteiger partial charge in [0.05, 0.1) is 17.2 Å². The van der Waals surface area contributed by atoms with Crippen molar-refractivity contribution in [3.8, 4) is 11.8 Å². The van der Waals surface area contributed by atoms with Crippen molar-refractivity contribution in [2.45, 2.75) is 13.5 Å². The lowest BCUT2D eigenvalue weighted by atomic mass is 10.1. The van der Waals surface area contributed by atoms with Gasteiger partial charge in [-0.1, -0.05) is 29.3 Å². The normalized spacial score (nSPS) is 9.85. The average molecular weight is 286 g/mol. The molecule has 0 heterocycles. The van der Waals surface area contributed by atoms with Crippen LogP contribution in [0.3, 0.4) is 0 Å². The Labute approximate surface area is 122 Å². The minimum atomic E-state index is 0.244. The molecule has 0 saturated carbocycles. The van der Waals surface area contributed by atoms with Crippen LogP contribution < -0.4 is 4.74 Å². The number of aldehydes is 1. The van der Waals surface area contributed by atoms with Gasteiger partial charge in [0, 0.05) is 10.6 Å². The maximum Gasteiger partial charge on any atom is 0.153 e. The maximum atomic E-state index is 11.0. The third kappa shape index (κ3) is 3.17. The number of ether oxygens (including phenoxy) is 1. The molecule has 0 aliphatic carbocycles. The number of hydrogen-bond donors (Lipinski definition) is 0. The van der Waals surface area contributed by atoms with Crippen LogP contribution in [0.25, 0.3) is 0 Å². The molecule has 0 saturated heterocycles. The lowest BCUT2D eigenvalue weighted by Gasteiger charge is -2.10. The predicted octanol–water partition coefficient (Wildman–Crippen LogP) is 3.91. The second-order valence-corrected chi connectivity index (χ2v) is 4.77. The van der Waals surface area contributed by atoms with Crippen LogP contribution in [0.15, 0.2) is 36.4 Å². The third-order valence-electron chi connectivity index (χ3n) is 2.86. The van der Waals surface area contributed by atoms with E-state index in [4.69, 9.17) is 21.6 Å². The molecule has 0 amide bonds. The number of carbonyl (C=O) groups is 1. The standard InChI is InChI=1S/C16H12ClNO2/c1-11-2-5-16(14(6-11)9-19)20-10-13-4-3-12(8-18)7-15(13)17/h2-7,9H,10H2,1H3. The minimum absolute atomic E-state index is 0.244. The zero-order valence-electron chi connectivity index (χ0n) is 10.9. The van der Waals surface area contributed by atoms with E-state index >= 15 is 0 Å². The van der Waals surface area contributed by atoms with Gasteiger partial charge in [0.15, 0.2) is 6.29 Å². The zero-order valence-corrected chi connectivity index (χ0v) is 11.6. The summed E-state index contributed by atoms with van der Waals surface area (Å²) in [5, 5.41) is 9.25. The average Bonchev–Trinajstić information content (AvgIpc) is 2.46. The summed E-state index contributed by atoms with van der Waals surface area (Å²) in [6.45, 7) is 2.16. The van der Waals surface area contributed by atoms with Crippen molar-refractivity contribution in [1.82, 2.24) is 0 Å². The van der Waals surface area contributed by atoms with Crippen molar-refractivity contribution in [1.29, 1.82) is 5.26 Å².